The Hall–Kier alpha value is -1.59. The molecule has 0 saturated carbocycles. The highest BCUT2D eigenvalue weighted by Gasteiger charge is 2.23. The average molecular weight is 308 g/mol. The summed E-state index contributed by atoms with van der Waals surface area (Å²) in [5, 5.41) is 0. The summed E-state index contributed by atoms with van der Waals surface area (Å²) in [7, 11) is 2.23. The van der Waals surface area contributed by atoms with E-state index in [0.717, 1.165) is 25.2 Å². The smallest absolute Gasteiger partial charge is 0.344 e. The van der Waals surface area contributed by atoms with Crippen LogP contribution in [0, 0.1) is 6.92 Å². The Kier molecular flexibility index (Phi) is 6.21. The maximum atomic E-state index is 11.8. The summed E-state index contributed by atoms with van der Waals surface area (Å²) in [6.07, 6.45) is -0.0676. The van der Waals surface area contributed by atoms with Gasteiger partial charge in [-0.05, 0) is 31.5 Å². The summed E-state index contributed by atoms with van der Waals surface area (Å²) in [6.45, 7) is 9.47. The second kappa shape index (κ2) is 8.15. The van der Waals surface area contributed by atoms with Crippen molar-refractivity contribution in [2.75, 3.05) is 46.4 Å². The second-order valence-corrected chi connectivity index (χ2v) is 6.32. The molecule has 1 saturated heterocycles. The fourth-order valence-electron chi connectivity index (χ4n) is 2.79. The standard InChI is InChI=1S/C17H26N2O3/c1-14-5-4-6-16(11-14)21-13-17(20)22-15(2)12-19-9-7-18(3)8-10-19/h4-6,11,15H,7-10,12-13H2,1-3H3/p+2/t15-/m0/s1. The Morgan fingerprint density at radius 2 is 2.00 bits per heavy atom. The Labute approximate surface area is 132 Å². The van der Waals surface area contributed by atoms with Crippen LogP contribution in [0.3, 0.4) is 0 Å². The second-order valence-electron chi connectivity index (χ2n) is 6.32. The lowest BCUT2D eigenvalue weighted by Gasteiger charge is -2.28. The van der Waals surface area contributed by atoms with Gasteiger partial charge in [-0.2, -0.15) is 0 Å². The third-order valence-electron chi connectivity index (χ3n) is 4.07. The number of piperazine rings is 1. The summed E-state index contributed by atoms with van der Waals surface area (Å²) in [5.41, 5.74) is 1.11. The van der Waals surface area contributed by atoms with E-state index in [0.29, 0.717) is 5.75 Å². The molecule has 2 rings (SSSR count). The third kappa shape index (κ3) is 5.66. The zero-order valence-electron chi connectivity index (χ0n) is 13.9. The molecular weight excluding hydrogens is 280 g/mol. The molecule has 0 bridgehead atoms. The fourth-order valence-corrected chi connectivity index (χ4v) is 2.79. The number of quaternary nitrogens is 2. The van der Waals surface area contributed by atoms with E-state index in [9.17, 15) is 4.79 Å². The van der Waals surface area contributed by atoms with Crippen molar-refractivity contribution < 1.29 is 24.1 Å². The Morgan fingerprint density at radius 3 is 2.68 bits per heavy atom. The van der Waals surface area contributed by atoms with Crippen LogP contribution in [0.25, 0.3) is 0 Å². The molecule has 1 aliphatic heterocycles. The predicted octanol–water partition coefficient (Wildman–Crippen LogP) is -1.28. The Morgan fingerprint density at radius 1 is 1.27 bits per heavy atom. The zero-order chi connectivity index (χ0) is 15.9. The number of hydrogen-bond donors (Lipinski definition) is 2. The maximum absolute atomic E-state index is 11.8. The highest BCUT2D eigenvalue weighted by Crippen LogP contribution is 2.12. The molecule has 1 aromatic rings. The number of likely N-dealkylation sites (N-methyl/N-ethyl adjacent to an activating group) is 1. The topological polar surface area (TPSA) is 44.4 Å². The number of aryl methyl sites for hydroxylation is 1. The largest absolute Gasteiger partial charge is 0.482 e. The van der Waals surface area contributed by atoms with Crippen LogP contribution in [-0.2, 0) is 9.53 Å². The van der Waals surface area contributed by atoms with E-state index in [1.54, 1.807) is 4.90 Å². The number of nitrogens with one attached hydrogen (secondary N) is 2. The monoisotopic (exact) mass is 308 g/mol. The molecule has 0 radical (unpaired) electrons. The van der Waals surface area contributed by atoms with Crippen molar-refractivity contribution in [2.45, 2.75) is 20.0 Å². The lowest BCUT2D eigenvalue weighted by Crippen LogP contribution is -3.27. The van der Waals surface area contributed by atoms with Crippen molar-refractivity contribution in [1.29, 1.82) is 0 Å². The van der Waals surface area contributed by atoms with Gasteiger partial charge < -0.3 is 19.3 Å². The molecule has 0 spiro atoms. The number of ether oxygens (including phenoxy) is 2. The van der Waals surface area contributed by atoms with Gasteiger partial charge in [0.1, 0.15) is 44.6 Å². The molecule has 1 aliphatic rings. The summed E-state index contributed by atoms with van der Waals surface area (Å²) in [4.78, 5) is 14.9. The first-order chi connectivity index (χ1) is 10.5. The SMILES string of the molecule is Cc1cccc(OCC(=O)O[C@@H](C)C[NH+]2CC[NH+](C)CC2)c1. The predicted molar refractivity (Wildman–Crippen MR) is 84.4 cm³/mol. The first kappa shape index (κ1) is 16.8. The molecule has 2 N–H and O–H groups in total. The number of rotatable bonds is 6. The molecule has 5 heteroatoms. The molecule has 0 unspecified atom stereocenters. The van der Waals surface area contributed by atoms with Gasteiger partial charge in [-0.1, -0.05) is 12.1 Å². The molecule has 22 heavy (non-hydrogen) atoms. The first-order valence-corrected chi connectivity index (χ1v) is 8.07. The van der Waals surface area contributed by atoms with Gasteiger partial charge >= 0.3 is 5.97 Å². The fraction of sp³-hybridized carbons (Fsp3) is 0.588. The van der Waals surface area contributed by atoms with Gasteiger partial charge in [0, 0.05) is 0 Å². The number of carbonyl (C=O) groups is 1. The van der Waals surface area contributed by atoms with Crippen LogP contribution in [0.4, 0.5) is 0 Å². The highest BCUT2D eigenvalue weighted by atomic mass is 16.6. The molecule has 122 valence electrons. The van der Waals surface area contributed by atoms with Crippen molar-refractivity contribution in [3.63, 3.8) is 0 Å². The van der Waals surface area contributed by atoms with Gasteiger partial charge in [-0.15, -0.1) is 0 Å². The summed E-state index contributed by atoms with van der Waals surface area (Å²) >= 11 is 0. The van der Waals surface area contributed by atoms with E-state index in [1.807, 2.05) is 38.1 Å². The van der Waals surface area contributed by atoms with Crippen LogP contribution < -0.4 is 14.5 Å². The Balaban J connectivity index is 1.67. The van der Waals surface area contributed by atoms with Crippen LogP contribution in [0.5, 0.6) is 5.75 Å². The van der Waals surface area contributed by atoms with E-state index < -0.39 is 0 Å². The van der Waals surface area contributed by atoms with Gasteiger partial charge in [0.25, 0.3) is 0 Å². The van der Waals surface area contributed by atoms with E-state index in [4.69, 9.17) is 9.47 Å². The van der Waals surface area contributed by atoms with Crippen LogP contribution in [0.15, 0.2) is 24.3 Å². The Bertz CT molecular complexity index is 485. The van der Waals surface area contributed by atoms with Crippen molar-refractivity contribution in [1.82, 2.24) is 0 Å². The number of hydrogen-bond acceptors (Lipinski definition) is 3. The van der Waals surface area contributed by atoms with Crippen LogP contribution in [0.1, 0.15) is 12.5 Å². The molecule has 1 heterocycles. The third-order valence-corrected chi connectivity index (χ3v) is 4.07. The molecule has 1 fully saturated rings. The normalized spacial score (nSPS) is 22.9. The van der Waals surface area contributed by atoms with Gasteiger partial charge in [-0.25, -0.2) is 4.79 Å². The molecule has 1 aromatic carbocycles. The van der Waals surface area contributed by atoms with Gasteiger partial charge in [-0.3, -0.25) is 0 Å². The molecule has 0 aliphatic carbocycles. The summed E-state index contributed by atoms with van der Waals surface area (Å²) in [5.74, 6) is 0.408. The van der Waals surface area contributed by atoms with E-state index in [2.05, 4.69) is 7.05 Å². The van der Waals surface area contributed by atoms with Crippen molar-refractivity contribution in [3.8, 4) is 5.75 Å². The van der Waals surface area contributed by atoms with Crippen molar-refractivity contribution in [2.24, 2.45) is 0 Å². The number of benzene rings is 1. The molecular formula is C17H28N2O3+2. The van der Waals surface area contributed by atoms with Gasteiger partial charge in [0.15, 0.2) is 6.61 Å². The van der Waals surface area contributed by atoms with Crippen LogP contribution in [0.2, 0.25) is 0 Å². The zero-order valence-corrected chi connectivity index (χ0v) is 13.9. The van der Waals surface area contributed by atoms with Crippen molar-refractivity contribution >= 4 is 5.97 Å². The van der Waals surface area contributed by atoms with E-state index in [1.165, 1.54) is 18.0 Å². The summed E-state index contributed by atoms with van der Waals surface area (Å²) < 4.78 is 10.9. The quantitative estimate of drug-likeness (QED) is 0.644. The first-order valence-electron chi connectivity index (χ1n) is 8.07. The highest BCUT2D eigenvalue weighted by molar-refractivity contribution is 5.71. The van der Waals surface area contributed by atoms with Gasteiger partial charge in [0.05, 0.1) is 7.05 Å². The van der Waals surface area contributed by atoms with E-state index >= 15 is 0 Å². The minimum atomic E-state index is -0.298. The molecule has 1 atom stereocenters. The lowest BCUT2D eigenvalue weighted by atomic mass is 10.2. The maximum Gasteiger partial charge on any atom is 0.344 e. The molecule has 0 aromatic heterocycles. The van der Waals surface area contributed by atoms with E-state index in [-0.39, 0.29) is 18.7 Å². The number of esters is 1. The minimum Gasteiger partial charge on any atom is -0.482 e. The average Bonchev–Trinajstić information content (AvgIpc) is 2.47. The summed E-state index contributed by atoms with van der Waals surface area (Å²) in [6, 6.07) is 7.67. The minimum absolute atomic E-state index is 0.0317. The molecule has 5 nitrogen and oxygen atoms in total. The van der Waals surface area contributed by atoms with Gasteiger partial charge in [0.2, 0.25) is 0 Å². The lowest BCUT2D eigenvalue weighted by molar-refractivity contribution is -1.00. The van der Waals surface area contributed by atoms with Crippen LogP contribution in [-0.4, -0.2) is 58.5 Å². The number of carbonyl (C=O) groups excluding carboxylic acids is 1. The van der Waals surface area contributed by atoms with Crippen LogP contribution >= 0.6 is 0 Å². The molecule has 0 amide bonds. The van der Waals surface area contributed by atoms with Crippen molar-refractivity contribution in [3.05, 3.63) is 29.8 Å².